The van der Waals surface area contributed by atoms with Gasteiger partial charge in [0, 0.05) is 17.3 Å². The van der Waals surface area contributed by atoms with Crippen molar-refractivity contribution in [3.8, 4) is 10.7 Å². The Morgan fingerprint density at radius 3 is 2.86 bits per heavy atom. The minimum absolute atomic E-state index is 0.0130. The first kappa shape index (κ1) is 18.7. The zero-order valence-corrected chi connectivity index (χ0v) is 16.7. The Morgan fingerprint density at radius 2 is 2.11 bits per heavy atom. The average Bonchev–Trinajstić information content (AvgIpc) is 3.39. The van der Waals surface area contributed by atoms with Gasteiger partial charge < -0.3 is 15.2 Å². The molecule has 1 amide bonds. The largest absolute Gasteiger partial charge is 0.376 e. The van der Waals surface area contributed by atoms with Gasteiger partial charge in [0.2, 0.25) is 11.7 Å². The molecular formula is C21H24N4O2S. The number of nitrogens with one attached hydrogen (secondary N) is 2. The molecule has 3 aromatic rings. The second-order valence-electron chi connectivity index (χ2n) is 7.18. The molecule has 1 aliphatic carbocycles. The van der Waals surface area contributed by atoms with Gasteiger partial charge in [0.1, 0.15) is 0 Å². The van der Waals surface area contributed by atoms with E-state index in [0.717, 1.165) is 29.0 Å². The van der Waals surface area contributed by atoms with Crippen LogP contribution < -0.4 is 10.6 Å². The minimum Gasteiger partial charge on any atom is -0.376 e. The number of rotatable bonds is 6. The van der Waals surface area contributed by atoms with Crippen molar-refractivity contribution >= 4 is 22.9 Å². The van der Waals surface area contributed by atoms with Crippen LogP contribution in [0.3, 0.4) is 0 Å². The van der Waals surface area contributed by atoms with Crippen molar-refractivity contribution in [2.24, 2.45) is 0 Å². The Kier molecular flexibility index (Phi) is 5.71. The van der Waals surface area contributed by atoms with Gasteiger partial charge in [-0.1, -0.05) is 30.5 Å². The highest BCUT2D eigenvalue weighted by atomic mass is 32.1. The fraction of sp³-hybridized carbons (Fsp3) is 0.381. The van der Waals surface area contributed by atoms with Crippen molar-refractivity contribution in [3.05, 3.63) is 52.7 Å². The van der Waals surface area contributed by atoms with E-state index in [9.17, 15) is 4.79 Å². The summed E-state index contributed by atoms with van der Waals surface area (Å²) in [6.07, 6.45) is 5.86. The van der Waals surface area contributed by atoms with Crippen molar-refractivity contribution < 1.29 is 9.32 Å². The second kappa shape index (κ2) is 8.56. The number of carbonyl (C=O) groups is 1. The summed E-state index contributed by atoms with van der Waals surface area (Å²) in [5, 5.41) is 12.5. The Balaban J connectivity index is 1.36. The molecule has 1 aromatic carbocycles. The van der Waals surface area contributed by atoms with Gasteiger partial charge in [-0.05, 0) is 55.0 Å². The van der Waals surface area contributed by atoms with E-state index in [1.165, 1.54) is 19.3 Å². The lowest BCUT2D eigenvalue weighted by molar-refractivity contribution is 0.0927. The molecule has 2 N–H and O–H groups in total. The zero-order valence-electron chi connectivity index (χ0n) is 15.9. The molecule has 1 fully saturated rings. The highest BCUT2D eigenvalue weighted by Gasteiger charge is 2.17. The van der Waals surface area contributed by atoms with Crippen molar-refractivity contribution in [3.63, 3.8) is 0 Å². The van der Waals surface area contributed by atoms with E-state index in [1.807, 2.05) is 42.6 Å². The van der Waals surface area contributed by atoms with Gasteiger partial charge in [-0.3, -0.25) is 4.79 Å². The monoisotopic (exact) mass is 396 g/mol. The van der Waals surface area contributed by atoms with Crippen molar-refractivity contribution in [1.29, 1.82) is 0 Å². The predicted octanol–water partition coefficient (Wildman–Crippen LogP) is 4.78. The first-order valence-electron chi connectivity index (χ1n) is 9.71. The number of hydrogen-bond acceptors (Lipinski definition) is 6. The highest BCUT2D eigenvalue weighted by molar-refractivity contribution is 7.13. The Bertz CT molecular complexity index is 930. The van der Waals surface area contributed by atoms with E-state index < -0.39 is 0 Å². The molecule has 146 valence electrons. The number of carbonyl (C=O) groups excluding carboxylic acids is 1. The molecule has 0 atom stereocenters. The fourth-order valence-corrected chi connectivity index (χ4v) is 4.17. The number of aromatic nitrogens is 2. The second-order valence-corrected chi connectivity index (χ2v) is 8.13. The summed E-state index contributed by atoms with van der Waals surface area (Å²) in [6.45, 7) is 2.43. The van der Waals surface area contributed by atoms with E-state index in [1.54, 1.807) is 11.3 Å². The maximum Gasteiger partial charge on any atom is 0.251 e. The number of thiophene rings is 1. The number of anilines is 1. The maximum absolute atomic E-state index is 12.5. The molecule has 0 aliphatic heterocycles. The highest BCUT2D eigenvalue weighted by Crippen LogP contribution is 2.23. The lowest BCUT2D eigenvalue weighted by Crippen LogP contribution is -2.36. The Labute approximate surface area is 168 Å². The quantitative estimate of drug-likeness (QED) is 0.627. The molecule has 1 aliphatic rings. The molecule has 2 heterocycles. The standard InChI is InChI=1S/C21H24N4O2S/c1-14-12-15(21(26)23-16-6-3-2-4-7-16)9-10-17(14)22-13-19-24-20(25-27-19)18-8-5-11-28-18/h5,8-12,16,22H,2-4,6-7,13H2,1H3,(H,23,26). The van der Waals surface area contributed by atoms with Gasteiger partial charge >= 0.3 is 0 Å². The van der Waals surface area contributed by atoms with Gasteiger partial charge in [-0.2, -0.15) is 4.98 Å². The Hall–Kier alpha value is -2.67. The molecule has 0 spiro atoms. The minimum atomic E-state index is 0.0130. The van der Waals surface area contributed by atoms with Crippen LogP contribution in [0.1, 0.15) is 53.9 Å². The lowest BCUT2D eigenvalue weighted by Gasteiger charge is -2.23. The van der Waals surface area contributed by atoms with E-state index in [4.69, 9.17) is 4.52 Å². The van der Waals surface area contributed by atoms with Gasteiger partial charge in [-0.25, -0.2) is 0 Å². The first-order chi connectivity index (χ1) is 13.7. The smallest absolute Gasteiger partial charge is 0.251 e. The molecule has 2 aromatic heterocycles. The van der Waals surface area contributed by atoms with Crippen LogP contribution in [-0.4, -0.2) is 22.1 Å². The van der Waals surface area contributed by atoms with Gasteiger partial charge in [0.05, 0.1) is 11.4 Å². The fourth-order valence-electron chi connectivity index (χ4n) is 3.52. The van der Waals surface area contributed by atoms with Crippen LogP contribution in [0.4, 0.5) is 5.69 Å². The van der Waals surface area contributed by atoms with Crippen LogP contribution in [0.2, 0.25) is 0 Å². The van der Waals surface area contributed by atoms with Gasteiger partial charge in [0.15, 0.2) is 0 Å². The lowest BCUT2D eigenvalue weighted by atomic mass is 9.95. The third kappa shape index (κ3) is 4.42. The predicted molar refractivity (Wildman–Crippen MR) is 110 cm³/mol. The van der Waals surface area contributed by atoms with E-state index >= 15 is 0 Å². The Morgan fingerprint density at radius 1 is 1.25 bits per heavy atom. The molecule has 1 saturated carbocycles. The summed E-state index contributed by atoms with van der Waals surface area (Å²) in [5.41, 5.74) is 2.66. The molecule has 0 radical (unpaired) electrons. The number of benzene rings is 1. The summed E-state index contributed by atoms with van der Waals surface area (Å²) in [5.74, 6) is 1.15. The van der Waals surface area contributed by atoms with Crippen LogP contribution in [0.5, 0.6) is 0 Å². The summed E-state index contributed by atoms with van der Waals surface area (Å²) in [4.78, 5) is 17.9. The van der Waals surface area contributed by atoms with Gasteiger partial charge in [-0.15, -0.1) is 11.3 Å². The molecule has 7 heteroatoms. The average molecular weight is 397 g/mol. The molecule has 6 nitrogen and oxygen atoms in total. The van der Waals surface area contributed by atoms with Crippen LogP contribution in [-0.2, 0) is 6.54 Å². The van der Waals surface area contributed by atoms with E-state index in [0.29, 0.717) is 29.9 Å². The summed E-state index contributed by atoms with van der Waals surface area (Å²) in [7, 11) is 0. The summed E-state index contributed by atoms with van der Waals surface area (Å²) >= 11 is 1.58. The maximum atomic E-state index is 12.5. The first-order valence-corrected chi connectivity index (χ1v) is 10.6. The van der Waals surface area contributed by atoms with E-state index in [-0.39, 0.29) is 5.91 Å². The third-order valence-corrected chi connectivity index (χ3v) is 5.93. The zero-order chi connectivity index (χ0) is 19.3. The van der Waals surface area contributed by atoms with Gasteiger partial charge in [0.25, 0.3) is 5.91 Å². The molecular weight excluding hydrogens is 372 g/mol. The molecule has 28 heavy (non-hydrogen) atoms. The molecule has 0 bridgehead atoms. The third-order valence-electron chi connectivity index (χ3n) is 5.07. The SMILES string of the molecule is Cc1cc(C(=O)NC2CCCCC2)ccc1NCc1nc(-c2cccs2)no1. The van der Waals surface area contributed by atoms with Crippen molar-refractivity contribution in [1.82, 2.24) is 15.5 Å². The van der Waals surface area contributed by atoms with Crippen LogP contribution in [0.15, 0.2) is 40.2 Å². The van der Waals surface area contributed by atoms with E-state index in [2.05, 4.69) is 20.8 Å². The normalized spacial score (nSPS) is 14.8. The van der Waals surface area contributed by atoms with Crippen LogP contribution in [0.25, 0.3) is 10.7 Å². The number of amides is 1. The number of hydrogen-bond donors (Lipinski definition) is 2. The van der Waals surface area contributed by atoms with Crippen LogP contribution in [0, 0.1) is 6.92 Å². The molecule has 4 rings (SSSR count). The van der Waals surface area contributed by atoms with Crippen LogP contribution >= 0.6 is 11.3 Å². The van der Waals surface area contributed by atoms with Crippen molar-refractivity contribution in [2.75, 3.05) is 5.32 Å². The summed E-state index contributed by atoms with van der Waals surface area (Å²) in [6, 6.07) is 9.96. The summed E-state index contributed by atoms with van der Waals surface area (Å²) < 4.78 is 5.32. The number of nitrogens with zero attached hydrogens (tertiary/aromatic N) is 2. The molecule has 0 saturated heterocycles. The van der Waals surface area contributed by atoms with Crippen molar-refractivity contribution in [2.45, 2.75) is 51.6 Å². The number of aryl methyl sites for hydroxylation is 1. The topological polar surface area (TPSA) is 80.0 Å². The molecule has 0 unspecified atom stereocenters.